The highest BCUT2D eigenvalue weighted by atomic mass is 16.4. The topological polar surface area (TPSA) is 89.9 Å². The molecule has 0 aliphatic rings. The van der Waals surface area contributed by atoms with Crippen molar-refractivity contribution in [3.05, 3.63) is 0 Å². The van der Waals surface area contributed by atoms with Crippen molar-refractivity contribution in [2.75, 3.05) is 20.6 Å². The zero-order chi connectivity index (χ0) is 9.72. The van der Waals surface area contributed by atoms with E-state index in [1.807, 2.05) is 0 Å². The molecule has 0 radical (unpaired) electrons. The van der Waals surface area contributed by atoms with Crippen LogP contribution in [-0.2, 0) is 9.59 Å². The van der Waals surface area contributed by atoms with Gasteiger partial charge < -0.3 is 10.2 Å². The van der Waals surface area contributed by atoms with Gasteiger partial charge in [-0.3, -0.25) is 15.0 Å². The van der Waals surface area contributed by atoms with Crippen molar-refractivity contribution in [1.82, 2.24) is 10.2 Å². The van der Waals surface area contributed by atoms with Crippen LogP contribution in [-0.4, -0.2) is 53.9 Å². The highest BCUT2D eigenvalue weighted by Crippen LogP contribution is 1.91. The predicted octanol–water partition coefficient (Wildman–Crippen LogP) is -1.37. The average Bonchev–Trinajstić information content (AvgIpc) is 1.85. The molecule has 0 aromatic carbocycles. The summed E-state index contributed by atoms with van der Waals surface area (Å²) < 4.78 is 0. The fourth-order valence-corrected chi connectivity index (χ4v) is 0.837. The molecule has 0 rings (SSSR count). The van der Waals surface area contributed by atoms with Crippen molar-refractivity contribution in [2.24, 2.45) is 0 Å². The molecular formula is C6H12N2O4. The van der Waals surface area contributed by atoms with Gasteiger partial charge in [-0.05, 0) is 14.1 Å². The van der Waals surface area contributed by atoms with Crippen LogP contribution in [0.3, 0.4) is 0 Å². The molecule has 0 heterocycles. The van der Waals surface area contributed by atoms with Gasteiger partial charge in [-0.25, -0.2) is 4.79 Å². The van der Waals surface area contributed by atoms with Crippen molar-refractivity contribution in [3.63, 3.8) is 0 Å². The second-order valence-corrected chi connectivity index (χ2v) is 2.34. The van der Waals surface area contributed by atoms with Gasteiger partial charge in [0.05, 0.1) is 6.54 Å². The zero-order valence-electron chi connectivity index (χ0n) is 6.94. The summed E-state index contributed by atoms with van der Waals surface area (Å²) >= 11 is 0. The summed E-state index contributed by atoms with van der Waals surface area (Å²) in [5.41, 5.74) is 0. The van der Waals surface area contributed by atoms with Gasteiger partial charge >= 0.3 is 11.9 Å². The first-order valence-corrected chi connectivity index (χ1v) is 3.31. The number of carbonyl (C=O) groups is 2. The Morgan fingerprint density at radius 3 is 2.25 bits per heavy atom. The SMILES string of the molecule is CNC(C(=O)O)N(C)CC(=O)O. The highest BCUT2D eigenvalue weighted by Gasteiger charge is 2.21. The molecule has 6 heteroatoms. The van der Waals surface area contributed by atoms with Crippen molar-refractivity contribution < 1.29 is 19.8 Å². The van der Waals surface area contributed by atoms with E-state index in [2.05, 4.69) is 5.32 Å². The lowest BCUT2D eigenvalue weighted by Crippen LogP contribution is -2.49. The third-order valence-electron chi connectivity index (χ3n) is 1.33. The van der Waals surface area contributed by atoms with E-state index in [0.717, 1.165) is 0 Å². The Morgan fingerprint density at radius 2 is 2.00 bits per heavy atom. The summed E-state index contributed by atoms with van der Waals surface area (Å²) in [5, 5.41) is 19.4. The summed E-state index contributed by atoms with van der Waals surface area (Å²) in [6.45, 7) is -0.308. The Hall–Kier alpha value is -1.14. The number of hydrogen-bond acceptors (Lipinski definition) is 4. The van der Waals surface area contributed by atoms with E-state index >= 15 is 0 Å². The second kappa shape index (κ2) is 4.68. The van der Waals surface area contributed by atoms with Crippen LogP contribution in [0.4, 0.5) is 0 Å². The average molecular weight is 176 g/mol. The standard InChI is InChI=1S/C6H12N2O4/c1-7-5(6(11)12)8(2)3-4(9)10/h5,7H,3H2,1-2H3,(H,9,10)(H,11,12). The highest BCUT2D eigenvalue weighted by molar-refractivity contribution is 5.75. The Kier molecular flexibility index (Phi) is 4.24. The van der Waals surface area contributed by atoms with E-state index < -0.39 is 18.1 Å². The first kappa shape index (κ1) is 10.9. The minimum Gasteiger partial charge on any atom is -0.480 e. The number of nitrogens with zero attached hydrogens (tertiary/aromatic N) is 1. The molecule has 0 aromatic heterocycles. The monoisotopic (exact) mass is 176 g/mol. The van der Waals surface area contributed by atoms with Gasteiger partial charge in [0.15, 0.2) is 6.17 Å². The number of carboxylic acid groups (broad SMARTS) is 2. The fourth-order valence-electron chi connectivity index (χ4n) is 0.837. The van der Waals surface area contributed by atoms with E-state index in [4.69, 9.17) is 10.2 Å². The fraction of sp³-hybridized carbons (Fsp3) is 0.667. The summed E-state index contributed by atoms with van der Waals surface area (Å²) in [4.78, 5) is 21.8. The third-order valence-corrected chi connectivity index (χ3v) is 1.33. The smallest absolute Gasteiger partial charge is 0.335 e. The summed E-state index contributed by atoms with van der Waals surface area (Å²) in [7, 11) is 2.88. The molecule has 0 amide bonds. The minimum absolute atomic E-state index is 0.308. The molecule has 0 bridgehead atoms. The maximum atomic E-state index is 10.5. The lowest BCUT2D eigenvalue weighted by Gasteiger charge is -2.21. The number of likely N-dealkylation sites (N-methyl/N-ethyl adjacent to an activating group) is 2. The van der Waals surface area contributed by atoms with Gasteiger partial charge in [0.1, 0.15) is 0 Å². The molecule has 0 saturated carbocycles. The lowest BCUT2D eigenvalue weighted by molar-refractivity contribution is -0.146. The minimum atomic E-state index is -1.10. The molecule has 3 N–H and O–H groups in total. The van der Waals surface area contributed by atoms with E-state index in [0.29, 0.717) is 0 Å². The van der Waals surface area contributed by atoms with Crippen LogP contribution in [0.15, 0.2) is 0 Å². The Bertz CT molecular complexity index is 182. The van der Waals surface area contributed by atoms with E-state index in [9.17, 15) is 9.59 Å². The van der Waals surface area contributed by atoms with Crippen LogP contribution in [0.1, 0.15) is 0 Å². The van der Waals surface area contributed by atoms with Gasteiger partial charge in [0.2, 0.25) is 0 Å². The van der Waals surface area contributed by atoms with Gasteiger partial charge in [-0.2, -0.15) is 0 Å². The van der Waals surface area contributed by atoms with Crippen LogP contribution >= 0.6 is 0 Å². The molecule has 12 heavy (non-hydrogen) atoms. The summed E-state index contributed by atoms with van der Waals surface area (Å²) in [6, 6.07) is 0. The zero-order valence-corrected chi connectivity index (χ0v) is 6.94. The predicted molar refractivity (Wildman–Crippen MR) is 40.7 cm³/mol. The maximum absolute atomic E-state index is 10.5. The molecule has 1 atom stereocenters. The molecular weight excluding hydrogens is 164 g/mol. The summed E-state index contributed by atoms with van der Waals surface area (Å²) in [5.74, 6) is -2.15. The van der Waals surface area contributed by atoms with Gasteiger partial charge in [0, 0.05) is 0 Å². The maximum Gasteiger partial charge on any atom is 0.335 e. The van der Waals surface area contributed by atoms with Crippen LogP contribution in [0.5, 0.6) is 0 Å². The number of aliphatic carboxylic acids is 2. The first-order chi connectivity index (χ1) is 5.49. The molecule has 70 valence electrons. The molecule has 0 aromatic rings. The van der Waals surface area contributed by atoms with Crippen molar-refractivity contribution in [3.8, 4) is 0 Å². The Morgan fingerprint density at radius 1 is 1.50 bits per heavy atom. The Labute approximate surface area is 69.8 Å². The van der Waals surface area contributed by atoms with Crippen molar-refractivity contribution in [2.45, 2.75) is 6.17 Å². The van der Waals surface area contributed by atoms with Gasteiger partial charge in [0.25, 0.3) is 0 Å². The van der Waals surface area contributed by atoms with Crippen LogP contribution in [0, 0.1) is 0 Å². The van der Waals surface area contributed by atoms with E-state index in [1.54, 1.807) is 0 Å². The lowest BCUT2D eigenvalue weighted by atomic mass is 10.4. The first-order valence-electron chi connectivity index (χ1n) is 3.31. The molecule has 0 aliphatic heterocycles. The molecule has 1 unspecified atom stereocenters. The van der Waals surface area contributed by atoms with Crippen molar-refractivity contribution in [1.29, 1.82) is 0 Å². The number of rotatable bonds is 5. The number of nitrogens with one attached hydrogen (secondary N) is 1. The van der Waals surface area contributed by atoms with E-state index in [-0.39, 0.29) is 6.54 Å². The Balaban J connectivity index is 4.11. The van der Waals surface area contributed by atoms with E-state index in [1.165, 1.54) is 19.0 Å². The molecule has 6 nitrogen and oxygen atoms in total. The van der Waals surface area contributed by atoms with Crippen LogP contribution < -0.4 is 5.32 Å². The summed E-state index contributed by atoms with van der Waals surface area (Å²) in [6.07, 6.45) is -0.957. The number of carboxylic acids is 2. The van der Waals surface area contributed by atoms with Crippen LogP contribution in [0.25, 0.3) is 0 Å². The normalized spacial score (nSPS) is 12.9. The molecule has 0 aliphatic carbocycles. The van der Waals surface area contributed by atoms with Gasteiger partial charge in [-0.15, -0.1) is 0 Å². The quantitative estimate of drug-likeness (QED) is 0.448. The molecule has 0 fully saturated rings. The van der Waals surface area contributed by atoms with Crippen molar-refractivity contribution >= 4 is 11.9 Å². The second-order valence-electron chi connectivity index (χ2n) is 2.34. The third kappa shape index (κ3) is 3.31. The molecule has 0 spiro atoms. The number of hydrogen-bond donors (Lipinski definition) is 3. The molecule has 0 saturated heterocycles. The van der Waals surface area contributed by atoms with Crippen LogP contribution in [0.2, 0.25) is 0 Å². The largest absolute Gasteiger partial charge is 0.480 e. The van der Waals surface area contributed by atoms with Gasteiger partial charge in [-0.1, -0.05) is 0 Å².